The average molecular weight is 316 g/mol. The maximum Gasteiger partial charge on any atom is 0.257 e. The van der Waals surface area contributed by atoms with Gasteiger partial charge in [0, 0.05) is 11.6 Å². The van der Waals surface area contributed by atoms with E-state index >= 15 is 0 Å². The number of nitrogens with one attached hydrogen (secondary N) is 1. The van der Waals surface area contributed by atoms with Gasteiger partial charge in [0.2, 0.25) is 0 Å². The van der Waals surface area contributed by atoms with Crippen molar-refractivity contribution in [3.05, 3.63) is 53.2 Å². The fourth-order valence-corrected chi connectivity index (χ4v) is 2.23. The third-order valence-electron chi connectivity index (χ3n) is 3.02. The van der Waals surface area contributed by atoms with Crippen LogP contribution >= 0.6 is 11.6 Å². The van der Waals surface area contributed by atoms with Crippen molar-refractivity contribution < 1.29 is 4.52 Å². The Kier molecular flexibility index (Phi) is 4.02. The Morgan fingerprint density at radius 1 is 1.14 bits per heavy atom. The maximum atomic E-state index is 5.92. The second-order valence-electron chi connectivity index (χ2n) is 4.81. The minimum Gasteiger partial charge on any atom is -0.360 e. The highest BCUT2D eigenvalue weighted by atomic mass is 35.5. The second-order valence-corrected chi connectivity index (χ2v) is 5.20. The quantitative estimate of drug-likeness (QED) is 0.740. The Balaban J connectivity index is 1.78. The molecule has 1 N–H and O–H groups in total. The predicted molar refractivity (Wildman–Crippen MR) is 83.6 cm³/mol. The average Bonchev–Trinajstić information content (AvgIpc) is 2.97. The molecule has 3 aromatic rings. The van der Waals surface area contributed by atoms with Crippen molar-refractivity contribution in [1.29, 1.82) is 0 Å². The molecule has 112 valence electrons. The van der Waals surface area contributed by atoms with Gasteiger partial charge in [-0.05, 0) is 26.0 Å². The normalized spacial score (nSPS) is 12.1. The van der Waals surface area contributed by atoms with Crippen LogP contribution in [-0.4, -0.2) is 20.1 Å². The Labute approximate surface area is 132 Å². The third kappa shape index (κ3) is 3.23. The van der Waals surface area contributed by atoms with Crippen LogP contribution in [0, 0.1) is 6.92 Å². The number of nitrogens with zero attached hydrogens (tertiary/aromatic N) is 4. The number of aromatic nitrogens is 4. The lowest BCUT2D eigenvalue weighted by molar-refractivity contribution is 0.419. The van der Waals surface area contributed by atoms with Crippen molar-refractivity contribution in [3.63, 3.8) is 0 Å². The van der Waals surface area contributed by atoms with Crippen molar-refractivity contribution in [2.75, 3.05) is 5.32 Å². The summed E-state index contributed by atoms with van der Waals surface area (Å²) in [6.07, 6.45) is 0. The third-order valence-corrected chi connectivity index (χ3v) is 3.21. The molecular weight excluding hydrogens is 302 g/mol. The summed E-state index contributed by atoms with van der Waals surface area (Å²) in [5.41, 5.74) is 0.884. The first-order chi connectivity index (χ1) is 10.6. The summed E-state index contributed by atoms with van der Waals surface area (Å²) in [5, 5.41) is 7.58. The van der Waals surface area contributed by atoms with Crippen LogP contribution in [0.2, 0.25) is 5.15 Å². The van der Waals surface area contributed by atoms with E-state index in [0.29, 0.717) is 28.5 Å². The number of hydrogen-bond acceptors (Lipinski definition) is 6. The fraction of sp³-hybridized carbons (Fsp3) is 0.200. The van der Waals surface area contributed by atoms with E-state index in [9.17, 15) is 0 Å². The molecule has 6 nitrogen and oxygen atoms in total. The van der Waals surface area contributed by atoms with Crippen LogP contribution in [0.1, 0.15) is 24.6 Å². The van der Waals surface area contributed by atoms with Crippen molar-refractivity contribution in [2.24, 2.45) is 0 Å². The Hall–Kier alpha value is -2.47. The molecule has 0 saturated carbocycles. The summed E-state index contributed by atoms with van der Waals surface area (Å²) in [5.74, 6) is 2.25. The van der Waals surface area contributed by atoms with Crippen LogP contribution in [0.25, 0.3) is 11.5 Å². The second kappa shape index (κ2) is 6.11. The first-order valence-corrected chi connectivity index (χ1v) is 7.16. The highest BCUT2D eigenvalue weighted by Gasteiger charge is 2.15. The van der Waals surface area contributed by atoms with Gasteiger partial charge in [-0.15, -0.1) is 0 Å². The smallest absolute Gasteiger partial charge is 0.257 e. The molecule has 2 heterocycles. The van der Waals surface area contributed by atoms with Gasteiger partial charge in [0.1, 0.15) is 16.8 Å². The molecule has 2 aromatic heterocycles. The van der Waals surface area contributed by atoms with Crippen molar-refractivity contribution in [2.45, 2.75) is 19.9 Å². The zero-order valence-electron chi connectivity index (χ0n) is 12.1. The van der Waals surface area contributed by atoms with Crippen molar-refractivity contribution >= 4 is 17.4 Å². The molecule has 22 heavy (non-hydrogen) atoms. The number of anilines is 1. The summed E-state index contributed by atoms with van der Waals surface area (Å²) < 4.78 is 5.30. The molecule has 0 aliphatic rings. The van der Waals surface area contributed by atoms with Crippen molar-refractivity contribution in [3.8, 4) is 11.5 Å². The van der Waals surface area contributed by atoms with Gasteiger partial charge in [-0.2, -0.15) is 4.98 Å². The molecular formula is C15H14ClN5O. The fourth-order valence-electron chi connectivity index (χ4n) is 2.00. The van der Waals surface area contributed by atoms with Gasteiger partial charge < -0.3 is 9.84 Å². The van der Waals surface area contributed by atoms with Gasteiger partial charge in [0.05, 0.1) is 6.04 Å². The number of hydrogen-bond donors (Lipinski definition) is 1. The molecule has 1 aromatic carbocycles. The van der Waals surface area contributed by atoms with Gasteiger partial charge in [0.25, 0.3) is 5.89 Å². The lowest BCUT2D eigenvalue weighted by Gasteiger charge is -2.10. The van der Waals surface area contributed by atoms with Gasteiger partial charge in [-0.3, -0.25) is 0 Å². The van der Waals surface area contributed by atoms with Crippen LogP contribution in [0.4, 0.5) is 5.82 Å². The van der Waals surface area contributed by atoms with Crippen LogP contribution < -0.4 is 5.32 Å². The maximum absolute atomic E-state index is 5.92. The lowest BCUT2D eigenvalue weighted by atomic mass is 10.2. The van der Waals surface area contributed by atoms with Gasteiger partial charge >= 0.3 is 0 Å². The van der Waals surface area contributed by atoms with E-state index in [4.69, 9.17) is 16.1 Å². The Morgan fingerprint density at radius 2 is 1.91 bits per heavy atom. The lowest BCUT2D eigenvalue weighted by Crippen LogP contribution is -2.10. The number of halogens is 1. The van der Waals surface area contributed by atoms with E-state index < -0.39 is 0 Å². The molecule has 0 fully saturated rings. The Bertz CT molecular complexity index is 754. The van der Waals surface area contributed by atoms with E-state index in [-0.39, 0.29) is 6.04 Å². The minimum absolute atomic E-state index is 0.174. The molecule has 0 amide bonds. The zero-order valence-corrected chi connectivity index (χ0v) is 12.9. The van der Waals surface area contributed by atoms with Crippen LogP contribution in [0.15, 0.2) is 40.9 Å². The molecule has 0 saturated heterocycles. The number of rotatable bonds is 4. The van der Waals surface area contributed by atoms with Crippen LogP contribution in [-0.2, 0) is 0 Å². The van der Waals surface area contributed by atoms with Gasteiger partial charge in [-0.1, -0.05) is 35.0 Å². The predicted octanol–water partition coefficient (Wildman–Crippen LogP) is 3.66. The molecule has 0 radical (unpaired) electrons. The largest absolute Gasteiger partial charge is 0.360 e. The Morgan fingerprint density at radius 3 is 2.64 bits per heavy atom. The molecule has 1 unspecified atom stereocenters. The topological polar surface area (TPSA) is 76.7 Å². The monoisotopic (exact) mass is 315 g/mol. The molecule has 0 aliphatic heterocycles. The molecule has 7 heteroatoms. The molecule has 1 atom stereocenters. The van der Waals surface area contributed by atoms with Gasteiger partial charge in [-0.25, -0.2) is 9.97 Å². The van der Waals surface area contributed by atoms with Gasteiger partial charge in [0.15, 0.2) is 5.82 Å². The summed E-state index contributed by atoms with van der Waals surface area (Å²) in [6, 6.07) is 11.1. The summed E-state index contributed by atoms with van der Waals surface area (Å²) in [6.45, 7) is 3.70. The van der Waals surface area contributed by atoms with E-state index in [1.165, 1.54) is 0 Å². The highest BCUT2D eigenvalue weighted by molar-refractivity contribution is 6.29. The molecule has 3 rings (SSSR count). The van der Waals surface area contributed by atoms with Crippen LogP contribution in [0.3, 0.4) is 0 Å². The van der Waals surface area contributed by atoms with E-state index in [0.717, 1.165) is 5.56 Å². The van der Waals surface area contributed by atoms with Crippen LogP contribution in [0.5, 0.6) is 0 Å². The molecule has 0 bridgehead atoms. The van der Waals surface area contributed by atoms with E-state index in [1.54, 1.807) is 13.0 Å². The minimum atomic E-state index is -0.174. The molecule has 0 aliphatic carbocycles. The van der Waals surface area contributed by atoms with E-state index in [1.807, 2.05) is 37.3 Å². The van der Waals surface area contributed by atoms with Crippen molar-refractivity contribution in [1.82, 2.24) is 20.1 Å². The SMILES string of the molecule is Cc1nc(Cl)cc(NC(C)c2noc(-c3ccccc3)n2)n1. The zero-order chi connectivity index (χ0) is 15.5. The number of benzene rings is 1. The number of aryl methyl sites for hydroxylation is 1. The molecule has 0 spiro atoms. The highest BCUT2D eigenvalue weighted by Crippen LogP contribution is 2.21. The summed E-state index contributed by atoms with van der Waals surface area (Å²) in [7, 11) is 0. The summed E-state index contributed by atoms with van der Waals surface area (Å²) >= 11 is 5.92. The first kappa shape index (κ1) is 14.5. The first-order valence-electron chi connectivity index (χ1n) is 6.78. The van der Waals surface area contributed by atoms with E-state index in [2.05, 4.69) is 25.4 Å². The summed E-state index contributed by atoms with van der Waals surface area (Å²) in [4.78, 5) is 12.7. The standard InChI is InChI=1S/C15H14ClN5O/c1-9(17-13-8-12(16)18-10(2)19-13)14-20-15(22-21-14)11-6-4-3-5-7-11/h3-9H,1-2H3,(H,17,18,19).